The molecule has 0 saturated carbocycles. The summed E-state index contributed by atoms with van der Waals surface area (Å²) < 4.78 is 10.1. The molecule has 0 radical (unpaired) electrons. The van der Waals surface area contributed by atoms with Crippen molar-refractivity contribution in [1.82, 2.24) is 0 Å². The van der Waals surface area contributed by atoms with Crippen molar-refractivity contribution in [3.8, 4) is 0 Å². The minimum Gasteiger partial charge on any atom is -0.391 e. The monoisotopic (exact) mass is 148 g/mol. The Labute approximate surface area is 62.0 Å². The molecule has 0 fully saturated rings. The van der Waals surface area contributed by atoms with Crippen LogP contribution in [0.3, 0.4) is 0 Å². The molecule has 0 aliphatic carbocycles. The lowest BCUT2D eigenvalue weighted by molar-refractivity contribution is -0.159. The first-order chi connectivity index (χ1) is 4.85. The lowest BCUT2D eigenvalue weighted by Gasteiger charge is -2.13. The molecule has 0 aliphatic heterocycles. The molecule has 0 rings (SSSR count). The molecule has 0 amide bonds. The summed E-state index contributed by atoms with van der Waals surface area (Å²) in [5, 5.41) is 8.63. The Kier molecular flexibility index (Phi) is 6.91. The topological polar surface area (TPSA) is 38.7 Å². The largest absolute Gasteiger partial charge is 0.391 e. The molecule has 0 aliphatic rings. The molecule has 0 bridgehead atoms. The van der Waals surface area contributed by atoms with Crippen molar-refractivity contribution in [1.29, 1.82) is 0 Å². The standard InChI is InChI=1S/C7H16O3/c1-3-5-10-7(6-8)9-4-2/h7-8H,3-6H2,1-2H3. The minimum absolute atomic E-state index is 0.0617. The van der Waals surface area contributed by atoms with Crippen LogP contribution in [0.5, 0.6) is 0 Å². The van der Waals surface area contributed by atoms with Gasteiger partial charge in [-0.2, -0.15) is 0 Å². The molecule has 3 heteroatoms. The van der Waals surface area contributed by atoms with Crippen LogP contribution in [-0.2, 0) is 9.47 Å². The maximum absolute atomic E-state index is 8.63. The van der Waals surface area contributed by atoms with Crippen LogP contribution in [0.15, 0.2) is 0 Å². The second kappa shape index (κ2) is 6.99. The van der Waals surface area contributed by atoms with Crippen molar-refractivity contribution in [2.24, 2.45) is 0 Å². The van der Waals surface area contributed by atoms with Crippen molar-refractivity contribution < 1.29 is 14.6 Å². The predicted molar refractivity (Wildman–Crippen MR) is 38.7 cm³/mol. The van der Waals surface area contributed by atoms with Crippen molar-refractivity contribution in [3.63, 3.8) is 0 Å². The van der Waals surface area contributed by atoms with E-state index in [4.69, 9.17) is 14.6 Å². The van der Waals surface area contributed by atoms with Crippen molar-refractivity contribution >= 4 is 0 Å². The lowest BCUT2D eigenvalue weighted by atomic mass is 10.5. The van der Waals surface area contributed by atoms with Gasteiger partial charge in [-0.3, -0.25) is 0 Å². The minimum atomic E-state index is -0.426. The van der Waals surface area contributed by atoms with E-state index in [0.717, 1.165) is 6.42 Å². The molecule has 1 atom stereocenters. The lowest BCUT2D eigenvalue weighted by Crippen LogP contribution is -2.21. The third-order valence-corrected chi connectivity index (χ3v) is 1.01. The highest BCUT2D eigenvalue weighted by molar-refractivity contribution is 4.38. The van der Waals surface area contributed by atoms with E-state index in [1.54, 1.807) is 0 Å². The van der Waals surface area contributed by atoms with Crippen LogP contribution in [0.4, 0.5) is 0 Å². The fourth-order valence-corrected chi connectivity index (χ4v) is 0.589. The molecule has 10 heavy (non-hydrogen) atoms. The second-order valence-electron chi connectivity index (χ2n) is 1.94. The summed E-state index contributed by atoms with van der Waals surface area (Å²) in [4.78, 5) is 0. The first kappa shape index (κ1) is 9.88. The molecular formula is C7H16O3. The summed E-state index contributed by atoms with van der Waals surface area (Å²) in [5.41, 5.74) is 0. The molecule has 1 N–H and O–H groups in total. The van der Waals surface area contributed by atoms with Gasteiger partial charge in [0.1, 0.15) is 0 Å². The van der Waals surface area contributed by atoms with Gasteiger partial charge >= 0.3 is 0 Å². The molecule has 62 valence electrons. The van der Waals surface area contributed by atoms with Crippen LogP contribution in [0.1, 0.15) is 20.3 Å². The van der Waals surface area contributed by atoms with E-state index in [1.807, 2.05) is 13.8 Å². The normalized spacial score (nSPS) is 13.5. The second-order valence-corrected chi connectivity index (χ2v) is 1.94. The summed E-state index contributed by atoms with van der Waals surface area (Å²) in [5.74, 6) is 0. The van der Waals surface area contributed by atoms with Gasteiger partial charge in [-0.25, -0.2) is 0 Å². The van der Waals surface area contributed by atoms with E-state index in [9.17, 15) is 0 Å². The molecule has 0 aromatic heterocycles. The number of aliphatic hydroxyl groups excluding tert-OH is 1. The maximum Gasteiger partial charge on any atom is 0.180 e. The fraction of sp³-hybridized carbons (Fsp3) is 1.00. The summed E-state index contributed by atoms with van der Waals surface area (Å²) in [7, 11) is 0. The van der Waals surface area contributed by atoms with Gasteiger partial charge in [0, 0.05) is 13.2 Å². The van der Waals surface area contributed by atoms with Gasteiger partial charge in [0.15, 0.2) is 6.29 Å². The van der Waals surface area contributed by atoms with Crippen LogP contribution in [-0.4, -0.2) is 31.2 Å². The molecule has 0 aromatic carbocycles. The number of rotatable bonds is 6. The highest BCUT2D eigenvalue weighted by atomic mass is 16.7. The van der Waals surface area contributed by atoms with Crippen LogP contribution in [0.25, 0.3) is 0 Å². The van der Waals surface area contributed by atoms with E-state index < -0.39 is 6.29 Å². The summed E-state index contributed by atoms with van der Waals surface area (Å²) >= 11 is 0. The Morgan fingerprint density at radius 1 is 1.30 bits per heavy atom. The number of hydrogen-bond donors (Lipinski definition) is 1. The average molecular weight is 148 g/mol. The Morgan fingerprint density at radius 3 is 2.40 bits per heavy atom. The SMILES string of the molecule is CCCOC(CO)OCC. The first-order valence-electron chi connectivity index (χ1n) is 3.69. The van der Waals surface area contributed by atoms with Crippen molar-refractivity contribution in [2.75, 3.05) is 19.8 Å². The zero-order valence-electron chi connectivity index (χ0n) is 6.67. The first-order valence-corrected chi connectivity index (χ1v) is 3.69. The number of ether oxygens (including phenoxy) is 2. The third kappa shape index (κ3) is 4.73. The van der Waals surface area contributed by atoms with Crippen LogP contribution in [0.2, 0.25) is 0 Å². The molecule has 1 unspecified atom stereocenters. The van der Waals surface area contributed by atoms with Gasteiger partial charge in [-0.1, -0.05) is 6.92 Å². The quantitative estimate of drug-likeness (QED) is 0.565. The third-order valence-electron chi connectivity index (χ3n) is 1.01. The van der Waals surface area contributed by atoms with Gasteiger partial charge < -0.3 is 14.6 Å². The highest BCUT2D eigenvalue weighted by Crippen LogP contribution is 1.94. The fourth-order valence-electron chi connectivity index (χ4n) is 0.589. The van der Waals surface area contributed by atoms with E-state index in [0.29, 0.717) is 13.2 Å². The molecule has 0 spiro atoms. The predicted octanol–water partition coefficient (Wildman–Crippen LogP) is 0.768. The van der Waals surface area contributed by atoms with Gasteiger partial charge in [0.05, 0.1) is 6.61 Å². The number of hydrogen-bond acceptors (Lipinski definition) is 3. The van der Waals surface area contributed by atoms with Gasteiger partial charge in [0.25, 0.3) is 0 Å². The molecule has 0 heterocycles. The Morgan fingerprint density at radius 2 is 2.00 bits per heavy atom. The zero-order valence-corrected chi connectivity index (χ0v) is 6.67. The van der Waals surface area contributed by atoms with Crippen LogP contribution >= 0.6 is 0 Å². The summed E-state index contributed by atoms with van der Waals surface area (Å²) in [6.45, 7) is 5.05. The van der Waals surface area contributed by atoms with E-state index in [2.05, 4.69) is 0 Å². The molecule has 0 aromatic rings. The van der Waals surface area contributed by atoms with Crippen molar-refractivity contribution in [2.45, 2.75) is 26.6 Å². The van der Waals surface area contributed by atoms with Gasteiger partial charge in [0.2, 0.25) is 0 Å². The van der Waals surface area contributed by atoms with E-state index in [-0.39, 0.29) is 6.61 Å². The van der Waals surface area contributed by atoms with E-state index >= 15 is 0 Å². The Balaban J connectivity index is 3.21. The highest BCUT2D eigenvalue weighted by Gasteiger charge is 2.03. The van der Waals surface area contributed by atoms with E-state index in [1.165, 1.54) is 0 Å². The van der Waals surface area contributed by atoms with Crippen LogP contribution in [0, 0.1) is 0 Å². The Bertz CT molecular complexity index is 65.9. The van der Waals surface area contributed by atoms with Gasteiger partial charge in [-0.15, -0.1) is 0 Å². The zero-order chi connectivity index (χ0) is 7.82. The maximum atomic E-state index is 8.63. The average Bonchev–Trinajstić information content (AvgIpc) is 1.98. The summed E-state index contributed by atoms with van der Waals surface area (Å²) in [6.07, 6.45) is 0.522. The molecular weight excluding hydrogens is 132 g/mol. The smallest absolute Gasteiger partial charge is 0.180 e. The van der Waals surface area contributed by atoms with Crippen molar-refractivity contribution in [3.05, 3.63) is 0 Å². The van der Waals surface area contributed by atoms with Gasteiger partial charge in [-0.05, 0) is 13.3 Å². The number of aliphatic hydroxyl groups is 1. The molecule has 0 saturated heterocycles. The van der Waals surface area contributed by atoms with Crippen LogP contribution < -0.4 is 0 Å². The summed E-state index contributed by atoms with van der Waals surface area (Å²) in [6, 6.07) is 0. The molecule has 3 nitrogen and oxygen atoms in total. The Hall–Kier alpha value is -0.120.